The largest absolute Gasteiger partial charge is 0.331 e. The number of urea groups is 1. The van der Waals surface area contributed by atoms with Gasteiger partial charge in [0.25, 0.3) is 0 Å². The van der Waals surface area contributed by atoms with Gasteiger partial charge in [0.05, 0.1) is 6.20 Å². The molecular weight excluding hydrogens is 168 g/mol. The number of aryl methyl sites for hydroxylation is 1. The Bertz CT molecular complexity index is 292. The molecule has 0 aliphatic carbocycles. The average molecular weight is 182 g/mol. The van der Waals surface area contributed by atoms with Crippen molar-refractivity contribution in [2.75, 3.05) is 19.4 Å². The molecule has 0 bridgehead atoms. The van der Waals surface area contributed by atoms with Crippen molar-refractivity contribution in [3.05, 3.63) is 11.8 Å². The maximum Gasteiger partial charge on any atom is 0.322 e. The number of rotatable bonds is 2. The first-order chi connectivity index (χ1) is 6.15. The molecule has 0 unspecified atom stereocenters. The van der Waals surface area contributed by atoms with Crippen molar-refractivity contribution >= 4 is 11.8 Å². The Kier molecular flexibility index (Phi) is 2.89. The van der Waals surface area contributed by atoms with Gasteiger partial charge < -0.3 is 4.90 Å². The van der Waals surface area contributed by atoms with Crippen LogP contribution in [0.25, 0.3) is 0 Å². The Labute approximate surface area is 77.1 Å². The van der Waals surface area contributed by atoms with E-state index in [1.54, 1.807) is 20.3 Å². The van der Waals surface area contributed by atoms with E-state index in [0.717, 1.165) is 12.0 Å². The monoisotopic (exact) mass is 182 g/mol. The standard InChI is InChI=1S/C8H14N4O/c1-4-6-5-9-11-7(6)10-8(13)12(2)3/h5H,4H2,1-3H3,(H2,9,10,11,13). The zero-order valence-corrected chi connectivity index (χ0v) is 8.09. The minimum absolute atomic E-state index is 0.154. The lowest BCUT2D eigenvalue weighted by molar-refractivity contribution is 0.230. The molecule has 0 aromatic carbocycles. The van der Waals surface area contributed by atoms with Gasteiger partial charge in [-0.05, 0) is 6.42 Å². The molecule has 0 radical (unpaired) electrons. The molecule has 2 N–H and O–H groups in total. The van der Waals surface area contributed by atoms with Crippen LogP contribution in [0.5, 0.6) is 0 Å². The van der Waals surface area contributed by atoms with Gasteiger partial charge in [-0.1, -0.05) is 6.92 Å². The lowest BCUT2D eigenvalue weighted by Crippen LogP contribution is -2.27. The molecule has 2 amide bonds. The molecule has 1 heterocycles. The number of anilines is 1. The summed E-state index contributed by atoms with van der Waals surface area (Å²) >= 11 is 0. The maximum absolute atomic E-state index is 11.2. The Morgan fingerprint density at radius 1 is 1.69 bits per heavy atom. The Hall–Kier alpha value is -1.52. The second-order valence-electron chi connectivity index (χ2n) is 2.95. The molecule has 0 aliphatic rings. The fourth-order valence-corrected chi connectivity index (χ4v) is 0.906. The third kappa shape index (κ3) is 2.21. The summed E-state index contributed by atoms with van der Waals surface area (Å²) < 4.78 is 0. The van der Waals surface area contributed by atoms with Gasteiger partial charge in [0.2, 0.25) is 0 Å². The summed E-state index contributed by atoms with van der Waals surface area (Å²) in [5.74, 6) is 0.682. The third-order valence-electron chi connectivity index (χ3n) is 1.74. The number of amides is 2. The molecular formula is C8H14N4O. The van der Waals surface area contributed by atoms with Gasteiger partial charge in [-0.3, -0.25) is 10.4 Å². The summed E-state index contributed by atoms with van der Waals surface area (Å²) in [6.45, 7) is 2.01. The van der Waals surface area contributed by atoms with E-state index >= 15 is 0 Å². The Morgan fingerprint density at radius 3 is 2.92 bits per heavy atom. The van der Waals surface area contributed by atoms with Crippen molar-refractivity contribution < 1.29 is 4.79 Å². The highest BCUT2D eigenvalue weighted by Gasteiger charge is 2.08. The summed E-state index contributed by atoms with van der Waals surface area (Å²) in [6, 6.07) is -0.154. The summed E-state index contributed by atoms with van der Waals surface area (Å²) in [4.78, 5) is 12.7. The molecule has 1 aromatic heterocycles. The van der Waals surface area contributed by atoms with Gasteiger partial charge in [0.15, 0.2) is 0 Å². The first-order valence-electron chi connectivity index (χ1n) is 4.15. The predicted octanol–water partition coefficient (Wildman–Crippen LogP) is 1.07. The molecule has 0 aliphatic heterocycles. The van der Waals surface area contributed by atoms with Gasteiger partial charge in [-0.15, -0.1) is 0 Å². The highest BCUT2D eigenvalue weighted by molar-refractivity contribution is 5.88. The molecule has 0 fully saturated rings. The fourth-order valence-electron chi connectivity index (χ4n) is 0.906. The van der Waals surface area contributed by atoms with Crippen LogP contribution in [0, 0.1) is 0 Å². The summed E-state index contributed by atoms with van der Waals surface area (Å²) in [7, 11) is 3.38. The molecule has 1 rings (SSSR count). The van der Waals surface area contributed by atoms with Crippen molar-refractivity contribution in [3.8, 4) is 0 Å². The highest BCUT2D eigenvalue weighted by atomic mass is 16.2. The van der Waals surface area contributed by atoms with Gasteiger partial charge in [-0.25, -0.2) is 4.79 Å². The molecule has 0 saturated carbocycles. The minimum atomic E-state index is -0.154. The number of hydrogen-bond acceptors (Lipinski definition) is 2. The van der Waals surface area contributed by atoms with Crippen molar-refractivity contribution in [1.82, 2.24) is 15.1 Å². The molecule has 0 atom stereocenters. The van der Waals surface area contributed by atoms with Crippen LogP contribution in [0.1, 0.15) is 12.5 Å². The lowest BCUT2D eigenvalue weighted by atomic mass is 10.2. The Balaban J connectivity index is 2.68. The second-order valence-corrected chi connectivity index (χ2v) is 2.95. The first-order valence-corrected chi connectivity index (χ1v) is 4.15. The van der Waals surface area contributed by atoms with E-state index in [-0.39, 0.29) is 6.03 Å². The van der Waals surface area contributed by atoms with E-state index in [1.165, 1.54) is 4.90 Å². The third-order valence-corrected chi connectivity index (χ3v) is 1.74. The number of H-pyrrole nitrogens is 1. The van der Waals surface area contributed by atoms with Crippen LogP contribution in [0.3, 0.4) is 0 Å². The molecule has 13 heavy (non-hydrogen) atoms. The van der Waals surface area contributed by atoms with Crippen molar-refractivity contribution in [2.45, 2.75) is 13.3 Å². The predicted molar refractivity (Wildman–Crippen MR) is 50.7 cm³/mol. The molecule has 1 aromatic rings. The minimum Gasteiger partial charge on any atom is -0.331 e. The van der Waals surface area contributed by atoms with Crippen LogP contribution in [-0.2, 0) is 6.42 Å². The van der Waals surface area contributed by atoms with E-state index in [9.17, 15) is 4.79 Å². The highest BCUT2D eigenvalue weighted by Crippen LogP contribution is 2.11. The van der Waals surface area contributed by atoms with Crippen LogP contribution in [0.4, 0.5) is 10.6 Å². The maximum atomic E-state index is 11.2. The van der Waals surface area contributed by atoms with E-state index in [0.29, 0.717) is 5.82 Å². The number of aromatic amines is 1. The smallest absolute Gasteiger partial charge is 0.322 e. The van der Waals surface area contributed by atoms with Crippen LogP contribution in [-0.4, -0.2) is 35.2 Å². The van der Waals surface area contributed by atoms with Gasteiger partial charge >= 0.3 is 6.03 Å². The van der Waals surface area contributed by atoms with E-state index in [4.69, 9.17) is 0 Å². The van der Waals surface area contributed by atoms with Crippen molar-refractivity contribution in [2.24, 2.45) is 0 Å². The van der Waals surface area contributed by atoms with Crippen LogP contribution >= 0.6 is 0 Å². The van der Waals surface area contributed by atoms with E-state index in [2.05, 4.69) is 15.5 Å². The number of hydrogen-bond donors (Lipinski definition) is 2. The van der Waals surface area contributed by atoms with Crippen molar-refractivity contribution in [1.29, 1.82) is 0 Å². The molecule has 5 nitrogen and oxygen atoms in total. The zero-order valence-electron chi connectivity index (χ0n) is 8.09. The van der Waals surface area contributed by atoms with Gasteiger partial charge in [0, 0.05) is 19.7 Å². The first kappa shape index (κ1) is 9.57. The summed E-state index contributed by atoms with van der Waals surface area (Å²) in [6.07, 6.45) is 2.56. The average Bonchev–Trinajstić information content (AvgIpc) is 2.51. The number of carbonyl (C=O) groups is 1. The zero-order chi connectivity index (χ0) is 9.84. The van der Waals surface area contributed by atoms with Gasteiger partial charge in [-0.2, -0.15) is 5.10 Å². The molecule has 0 spiro atoms. The normalized spacial score (nSPS) is 9.77. The number of nitrogens with one attached hydrogen (secondary N) is 2. The quantitative estimate of drug-likeness (QED) is 0.718. The van der Waals surface area contributed by atoms with Gasteiger partial charge in [0.1, 0.15) is 5.82 Å². The number of nitrogens with zero attached hydrogens (tertiary/aromatic N) is 2. The molecule has 5 heteroatoms. The SMILES string of the molecule is CCc1cn[nH]c1NC(=O)N(C)C. The summed E-state index contributed by atoms with van der Waals surface area (Å²) in [5.41, 5.74) is 1.01. The van der Waals surface area contributed by atoms with Crippen LogP contribution in [0.2, 0.25) is 0 Å². The molecule has 0 saturated heterocycles. The second kappa shape index (κ2) is 3.93. The fraction of sp³-hybridized carbons (Fsp3) is 0.500. The topological polar surface area (TPSA) is 61.0 Å². The Morgan fingerprint density at radius 2 is 2.38 bits per heavy atom. The lowest BCUT2D eigenvalue weighted by Gasteiger charge is -2.11. The van der Waals surface area contributed by atoms with Crippen LogP contribution < -0.4 is 5.32 Å². The number of aromatic nitrogens is 2. The summed E-state index contributed by atoms with van der Waals surface area (Å²) in [5, 5.41) is 9.29. The molecule has 72 valence electrons. The van der Waals surface area contributed by atoms with Crippen LogP contribution in [0.15, 0.2) is 6.20 Å². The number of carbonyl (C=O) groups excluding carboxylic acids is 1. The van der Waals surface area contributed by atoms with E-state index < -0.39 is 0 Å². The van der Waals surface area contributed by atoms with Crippen molar-refractivity contribution in [3.63, 3.8) is 0 Å². The van der Waals surface area contributed by atoms with E-state index in [1.807, 2.05) is 6.92 Å².